The molecule has 4 aromatic rings. The van der Waals surface area contributed by atoms with Crippen molar-refractivity contribution in [1.82, 2.24) is 5.43 Å². The number of halogens is 2. The van der Waals surface area contributed by atoms with E-state index in [9.17, 15) is 4.79 Å². The molecule has 0 aliphatic heterocycles. The number of amides is 1. The van der Waals surface area contributed by atoms with Gasteiger partial charge in [-0.15, -0.1) is 0 Å². The van der Waals surface area contributed by atoms with Gasteiger partial charge in [-0.1, -0.05) is 46.3 Å². The summed E-state index contributed by atoms with van der Waals surface area (Å²) in [5.41, 5.74) is 4.87. The second kappa shape index (κ2) is 10.0. The smallest absolute Gasteiger partial charge is 0.307 e. The third kappa shape index (κ3) is 5.20. The maximum atomic E-state index is 12.4. The minimum Gasteiger partial charge on any atom is -0.493 e. The van der Waals surface area contributed by atoms with Gasteiger partial charge in [-0.2, -0.15) is 5.10 Å². The van der Waals surface area contributed by atoms with Gasteiger partial charge in [0.15, 0.2) is 17.3 Å². The standard InChI is InChI=1S/C24H18Br2N2O4/c1-30-21-10-16(9-19(26)23(21)31-14-15-5-3-2-4-6-15)13-27-28-24(29)22-12-17-11-18(25)7-8-20(17)32-22/h2-13H,14H2,1H3,(H,28,29)/b27-13+. The minimum absolute atomic E-state index is 0.179. The molecule has 0 radical (unpaired) electrons. The van der Waals surface area contributed by atoms with Crippen molar-refractivity contribution < 1.29 is 18.7 Å². The summed E-state index contributed by atoms with van der Waals surface area (Å²) in [4.78, 5) is 12.4. The summed E-state index contributed by atoms with van der Waals surface area (Å²) < 4.78 is 18.6. The van der Waals surface area contributed by atoms with E-state index in [0.29, 0.717) is 28.2 Å². The van der Waals surface area contributed by atoms with E-state index in [1.165, 1.54) is 6.21 Å². The van der Waals surface area contributed by atoms with Gasteiger partial charge in [0.05, 0.1) is 17.8 Å². The van der Waals surface area contributed by atoms with Crippen LogP contribution in [-0.2, 0) is 6.61 Å². The van der Waals surface area contributed by atoms with E-state index in [1.54, 1.807) is 25.3 Å². The molecule has 0 aliphatic rings. The van der Waals surface area contributed by atoms with Crippen LogP contribution in [0, 0.1) is 0 Å². The fraction of sp³-hybridized carbons (Fsp3) is 0.0833. The van der Waals surface area contributed by atoms with E-state index in [0.717, 1.165) is 21.0 Å². The molecule has 32 heavy (non-hydrogen) atoms. The van der Waals surface area contributed by atoms with Crippen molar-refractivity contribution in [3.05, 3.63) is 92.6 Å². The van der Waals surface area contributed by atoms with Gasteiger partial charge in [0.2, 0.25) is 0 Å². The number of hydrogen-bond donors (Lipinski definition) is 1. The molecule has 6 nitrogen and oxygen atoms in total. The van der Waals surface area contributed by atoms with Gasteiger partial charge in [-0.25, -0.2) is 5.43 Å². The number of rotatable bonds is 7. The van der Waals surface area contributed by atoms with Crippen molar-refractivity contribution in [3.63, 3.8) is 0 Å². The van der Waals surface area contributed by atoms with Gasteiger partial charge < -0.3 is 13.9 Å². The number of carbonyl (C=O) groups excluding carboxylic acids is 1. The molecule has 1 aromatic heterocycles. The third-order valence-corrected chi connectivity index (χ3v) is 5.64. The van der Waals surface area contributed by atoms with E-state index in [1.807, 2.05) is 48.5 Å². The molecule has 1 amide bonds. The normalized spacial score (nSPS) is 11.1. The number of benzene rings is 3. The summed E-state index contributed by atoms with van der Waals surface area (Å²) in [6, 6.07) is 20.7. The van der Waals surface area contributed by atoms with E-state index in [4.69, 9.17) is 13.9 Å². The summed E-state index contributed by atoms with van der Waals surface area (Å²) in [5, 5.41) is 4.86. The minimum atomic E-state index is -0.442. The summed E-state index contributed by atoms with van der Waals surface area (Å²) in [7, 11) is 1.57. The van der Waals surface area contributed by atoms with Crippen molar-refractivity contribution in [3.8, 4) is 11.5 Å². The number of nitrogens with one attached hydrogen (secondary N) is 1. The van der Waals surface area contributed by atoms with Gasteiger partial charge in [-0.3, -0.25) is 4.79 Å². The number of hydrogen-bond acceptors (Lipinski definition) is 5. The molecule has 0 saturated heterocycles. The van der Waals surface area contributed by atoms with Gasteiger partial charge in [0, 0.05) is 9.86 Å². The number of nitrogens with zero attached hydrogens (tertiary/aromatic N) is 1. The summed E-state index contributed by atoms with van der Waals surface area (Å²) in [6.45, 7) is 0.410. The molecule has 0 unspecified atom stereocenters. The Kier molecular flexibility index (Phi) is 6.92. The van der Waals surface area contributed by atoms with Crippen LogP contribution in [0.1, 0.15) is 21.7 Å². The quantitative estimate of drug-likeness (QED) is 0.213. The number of ether oxygens (including phenoxy) is 2. The van der Waals surface area contributed by atoms with Crippen LogP contribution in [0.2, 0.25) is 0 Å². The Labute approximate surface area is 201 Å². The average Bonchev–Trinajstić information content (AvgIpc) is 3.22. The van der Waals surface area contributed by atoms with Crippen molar-refractivity contribution in [2.75, 3.05) is 7.11 Å². The first-order chi connectivity index (χ1) is 15.5. The van der Waals surface area contributed by atoms with Crippen molar-refractivity contribution in [1.29, 1.82) is 0 Å². The lowest BCUT2D eigenvalue weighted by atomic mass is 10.2. The maximum absolute atomic E-state index is 12.4. The molecule has 0 bridgehead atoms. The van der Waals surface area contributed by atoms with E-state index < -0.39 is 5.91 Å². The van der Waals surface area contributed by atoms with Crippen molar-refractivity contribution in [2.24, 2.45) is 5.10 Å². The van der Waals surface area contributed by atoms with E-state index in [-0.39, 0.29) is 5.76 Å². The number of hydrazone groups is 1. The zero-order valence-corrected chi connectivity index (χ0v) is 20.1. The molecule has 3 aromatic carbocycles. The van der Waals surface area contributed by atoms with Crippen LogP contribution in [0.5, 0.6) is 11.5 Å². The highest BCUT2D eigenvalue weighted by Crippen LogP contribution is 2.36. The lowest BCUT2D eigenvalue weighted by Crippen LogP contribution is -2.16. The van der Waals surface area contributed by atoms with Crippen LogP contribution in [0.4, 0.5) is 0 Å². The molecule has 0 atom stereocenters. The lowest BCUT2D eigenvalue weighted by Gasteiger charge is -2.13. The molecule has 1 N–H and O–H groups in total. The molecule has 8 heteroatoms. The van der Waals surface area contributed by atoms with Crippen LogP contribution in [-0.4, -0.2) is 19.2 Å². The fourth-order valence-electron chi connectivity index (χ4n) is 3.03. The Morgan fingerprint density at radius 2 is 1.91 bits per heavy atom. The van der Waals surface area contributed by atoms with Crippen molar-refractivity contribution >= 4 is 55.0 Å². The highest BCUT2D eigenvalue weighted by Gasteiger charge is 2.13. The second-order valence-corrected chi connectivity index (χ2v) is 8.57. The number of methoxy groups -OCH3 is 1. The molecule has 162 valence electrons. The molecule has 0 saturated carbocycles. The molecule has 0 fully saturated rings. The summed E-state index contributed by atoms with van der Waals surface area (Å²) in [5.74, 6) is 0.873. The predicted octanol–water partition coefficient (Wildman–Crippen LogP) is 6.31. The Morgan fingerprint density at radius 3 is 2.69 bits per heavy atom. The molecule has 4 rings (SSSR count). The largest absolute Gasteiger partial charge is 0.493 e. The number of carbonyl (C=O) groups is 1. The predicted molar refractivity (Wildman–Crippen MR) is 130 cm³/mol. The maximum Gasteiger partial charge on any atom is 0.307 e. The summed E-state index contributed by atoms with van der Waals surface area (Å²) >= 11 is 6.92. The van der Waals surface area contributed by atoms with Gasteiger partial charge in [-0.05, 0) is 63.5 Å². The Hall–Kier alpha value is -3.10. The van der Waals surface area contributed by atoms with Crippen molar-refractivity contribution in [2.45, 2.75) is 6.61 Å². The van der Waals surface area contributed by atoms with Gasteiger partial charge in [0.25, 0.3) is 0 Å². The first-order valence-electron chi connectivity index (χ1n) is 9.60. The number of fused-ring (bicyclic) bond motifs is 1. The monoisotopic (exact) mass is 556 g/mol. The Bertz CT molecular complexity index is 1290. The highest BCUT2D eigenvalue weighted by atomic mass is 79.9. The van der Waals surface area contributed by atoms with Crippen LogP contribution < -0.4 is 14.9 Å². The van der Waals surface area contributed by atoms with Gasteiger partial charge in [0.1, 0.15) is 12.2 Å². The Morgan fingerprint density at radius 1 is 1.09 bits per heavy atom. The molecular weight excluding hydrogens is 540 g/mol. The zero-order chi connectivity index (χ0) is 22.5. The molecular formula is C24H18Br2N2O4. The third-order valence-electron chi connectivity index (χ3n) is 4.56. The fourth-order valence-corrected chi connectivity index (χ4v) is 3.98. The average molecular weight is 558 g/mol. The number of furan rings is 1. The van der Waals surface area contributed by atoms with E-state index >= 15 is 0 Å². The topological polar surface area (TPSA) is 73.1 Å². The second-order valence-electron chi connectivity index (χ2n) is 6.80. The molecule has 0 aliphatic carbocycles. The van der Waals surface area contributed by atoms with Crippen LogP contribution >= 0.6 is 31.9 Å². The first kappa shape index (κ1) is 22.1. The summed E-state index contributed by atoms with van der Waals surface area (Å²) in [6.07, 6.45) is 1.52. The zero-order valence-electron chi connectivity index (χ0n) is 17.0. The SMILES string of the molecule is COc1cc(/C=N/NC(=O)c2cc3cc(Br)ccc3o2)cc(Br)c1OCc1ccccc1. The highest BCUT2D eigenvalue weighted by molar-refractivity contribution is 9.10. The van der Waals surface area contributed by atoms with Crippen LogP contribution in [0.15, 0.2) is 85.2 Å². The Balaban J connectivity index is 1.44. The molecule has 0 spiro atoms. The molecule has 1 heterocycles. The first-order valence-corrected chi connectivity index (χ1v) is 11.2. The lowest BCUT2D eigenvalue weighted by molar-refractivity contribution is 0.0929. The van der Waals surface area contributed by atoms with Crippen LogP contribution in [0.3, 0.4) is 0 Å². The van der Waals surface area contributed by atoms with Crippen LogP contribution in [0.25, 0.3) is 11.0 Å². The van der Waals surface area contributed by atoms with E-state index in [2.05, 4.69) is 42.4 Å². The van der Waals surface area contributed by atoms with Gasteiger partial charge >= 0.3 is 5.91 Å².